The van der Waals surface area contributed by atoms with Crippen molar-refractivity contribution in [2.75, 3.05) is 0 Å². The second kappa shape index (κ2) is 19.2. The Balaban J connectivity index is 2.97. The molecule has 0 spiro atoms. The molecule has 136 valence electrons. The van der Waals surface area contributed by atoms with E-state index in [4.69, 9.17) is 5.11 Å². The average Bonchev–Trinajstić information content (AvgIpc) is 2.53. The summed E-state index contributed by atoms with van der Waals surface area (Å²) in [4.78, 5) is 20.5. The average molecular weight is 327 g/mol. The first-order valence-electron chi connectivity index (χ1n) is 9.93. The highest BCUT2D eigenvalue weighted by Gasteiger charge is 1.97. The second-order valence-electron chi connectivity index (χ2n) is 6.76. The number of unbranched alkanes of at least 4 members (excludes halogenated alkanes) is 16. The van der Waals surface area contributed by atoms with Gasteiger partial charge in [0.25, 0.3) is 0 Å². The Bertz CT molecular complexity index is 264. The van der Waals surface area contributed by atoms with E-state index in [0.29, 0.717) is 6.42 Å². The molecule has 0 aliphatic heterocycles. The van der Waals surface area contributed by atoms with Gasteiger partial charge in [0, 0.05) is 12.8 Å². The summed E-state index contributed by atoms with van der Waals surface area (Å²) in [5, 5.41) is 8.54. The van der Waals surface area contributed by atoms with E-state index in [1.165, 1.54) is 83.5 Å². The number of carboxylic acids is 1. The summed E-state index contributed by atoms with van der Waals surface area (Å²) in [6, 6.07) is 0. The number of hydrogen-bond acceptors (Lipinski definition) is 2. The van der Waals surface area contributed by atoms with E-state index in [1.54, 1.807) is 0 Å². The zero-order valence-electron chi connectivity index (χ0n) is 15.1. The van der Waals surface area contributed by atoms with E-state index < -0.39 is 5.97 Å². The number of carboxylic acid groups (broad SMARTS) is 1. The fourth-order valence-electron chi connectivity index (χ4n) is 2.98. The lowest BCUT2D eigenvalue weighted by Gasteiger charge is -2.03. The van der Waals surface area contributed by atoms with Gasteiger partial charge in [-0.1, -0.05) is 89.9 Å². The SMILES string of the molecule is O=CCCCCCCCCCCCCCCCCCCC(=O)O. The van der Waals surface area contributed by atoms with Gasteiger partial charge in [-0.05, 0) is 12.8 Å². The third-order valence-corrected chi connectivity index (χ3v) is 4.46. The molecular formula is C20H38O3. The van der Waals surface area contributed by atoms with Crippen molar-refractivity contribution in [3.63, 3.8) is 0 Å². The molecule has 0 unspecified atom stereocenters. The maximum absolute atomic E-state index is 10.4. The Hall–Kier alpha value is -0.860. The van der Waals surface area contributed by atoms with Crippen molar-refractivity contribution in [3.8, 4) is 0 Å². The number of carbonyl (C=O) groups excluding carboxylic acids is 1. The first-order valence-corrected chi connectivity index (χ1v) is 9.93. The van der Waals surface area contributed by atoms with E-state index in [1.807, 2.05) is 0 Å². The van der Waals surface area contributed by atoms with Crippen LogP contribution in [-0.2, 0) is 9.59 Å². The minimum atomic E-state index is -0.664. The van der Waals surface area contributed by atoms with Gasteiger partial charge in [0.15, 0.2) is 0 Å². The fraction of sp³-hybridized carbons (Fsp3) is 0.900. The minimum absolute atomic E-state index is 0.332. The van der Waals surface area contributed by atoms with Crippen molar-refractivity contribution in [2.45, 2.75) is 116 Å². The van der Waals surface area contributed by atoms with Gasteiger partial charge in [-0.25, -0.2) is 0 Å². The molecule has 0 fully saturated rings. The van der Waals surface area contributed by atoms with Crippen LogP contribution in [0.5, 0.6) is 0 Å². The van der Waals surface area contributed by atoms with Gasteiger partial charge in [-0.15, -0.1) is 0 Å². The van der Waals surface area contributed by atoms with Gasteiger partial charge < -0.3 is 9.90 Å². The van der Waals surface area contributed by atoms with E-state index in [0.717, 1.165) is 32.0 Å². The van der Waals surface area contributed by atoms with Crippen LogP contribution in [-0.4, -0.2) is 17.4 Å². The van der Waals surface area contributed by atoms with Crippen molar-refractivity contribution in [1.82, 2.24) is 0 Å². The summed E-state index contributed by atoms with van der Waals surface area (Å²) < 4.78 is 0. The van der Waals surface area contributed by atoms with Gasteiger partial charge in [-0.2, -0.15) is 0 Å². The summed E-state index contributed by atoms with van der Waals surface area (Å²) in [6.45, 7) is 0. The lowest BCUT2D eigenvalue weighted by atomic mass is 10.0. The van der Waals surface area contributed by atoms with Gasteiger partial charge >= 0.3 is 5.97 Å². The maximum Gasteiger partial charge on any atom is 0.303 e. The minimum Gasteiger partial charge on any atom is -0.481 e. The van der Waals surface area contributed by atoms with Crippen LogP contribution in [0.15, 0.2) is 0 Å². The third kappa shape index (κ3) is 21.1. The third-order valence-electron chi connectivity index (χ3n) is 4.46. The smallest absolute Gasteiger partial charge is 0.303 e. The molecule has 0 amide bonds. The van der Waals surface area contributed by atoms with Crippen LogP contribution in [0.1, 0.15) is 116 Å². The van der Waals surface area contributed by atoms with Crippen molar-refractivity contribution in [2.24, 2.45) is 0 Å². The van der Waals surface area contributed by atoms with E-state index in [2.05, 4.69) is 0 Å². The normalized spacial score (nSPS) is 10.8. The number of hydrogen-bond donors (Lipinski definition) is 1. The van der Waals surface area contributed by atoms with Crippen LogP contribution in [0, 0.1) is 0 Å². The highest BCUT2D eigenvalue weighted by atomic mass is 16.4. The Morgan fingerprint density at radius 2 is 0.870 bits per heavy atom. The Morgan fingerprint density at radius 3 is 1.17 bits per heavy atom. The monoisotopic (exact) mass is 326 g/mol. The topological polar surface area (TPSA) is 54.4 Å². The largest absolute Gasteiger partial charge is 0.481 e. The summed E-state index contributed by atoms with van der Waals surface area (Å²) in [7, 11) is 0. The van der Waals surface area contributed by atoms with Crippen molar-refractivity contribution >= 4 is 12.3 Å². The van der Waals surface area contributed by atoms with E-state index in [-0.39, 0.29) is 0 Å². The number of rotatable bonds is 19. The molecule has 0 aromatic heterocycles. The standard InChI is InChI=1S/C20H38O3/c21-19-17-15-13-11-9-7-5-3-1-2-4-6-8-10-12-14-16-18-20(22)23/h19H,1-18H2,(H,22,23). The second-order valence-corrected chi connectivity index (χ2v) is 6.76. The predicted molar refractivity (Wildman–Crippen MR) is 96.8 cm³/mol. The Kier molecular flexibility index (Phi) is 18.5. The van der Waals surface area contributed by atoms with Crippen LogP contribution >= 0.6 is 0 Å². The fourth-order valence-corrected chi connectivity index (χ4v) is 2.98. The molecule has 0 rings (SSSR count). The number of carbonyl (C=O) groups is 2. The lowest BCUT2D eigenvalue weighted by molar-refractivity contribution is -0.137. The first-order chi connectivity index (χ1) is 11.3. The Labute approximate surface area is 143 Å². The highest BCUT2D eigenvalue weighted by molar-refractivity contribution is 5.66. The molecule has 0 saturated carbocycles. The summed E-state index contributed by atoms with van der Waals surface area (Å²) in [6.07, 6.45) is 22.3. The van der Waals surface area contributed by atoms with Crippen molar-refractivity contribution in [1.29, 1.82) is 0 Å². The van der Waals surface area contributed by atoms with Crippen LogP contribution in [0.4, 0.5) is 0 Å². The van der Waals surface area contributed by atoms with Crippen LogP contribution < -0.4 is 0 Å². The molecular weight excluding hydrogens is 288 g/mol. The molecule has 0 aromatic rings. The molecule has 3 heteroatoms. The molecule has 23 heavy (non-hydrogen) atoms. The molecule has 0 atom stereocenters. The molecule has 0 heterocycles. The molecule has 0 bridgehead atoms. The summed E-state index contributed by atoms with van der Waals surface area (Å²) in [5.74, 6) is -0.664. The molecule has 0 aliphatic carbocycles. The quantitative estimate of drug-likeness (QED) is 0.224. The summed E-state index contributed by atoms with van der Waals surface area (Å²) in [5.41, 5.74) is 0. The molecule has 0 saturated heterocycles. The van der Waals surface area contributed by atoms with Crippen LogP contribution in [0.2, 0.25) is 0 Å². The van der Waals surface area contributed by atoms with Crippen LogP contribution in [0.3, 0.4) is 0 Å². The van der Waals surface area contributed by atoms with Crippen molar-refractivity contribution in [3.05, 3.63) is 0 Å². The highest BCUT2D eigenvalue weighted by Crippen LogP contribution is 2.14. The molecule has 0 aliphatic rings. The Morgan fingerprint density at radius 1 is 0.565 bits per heavy atom. The van der Waals surface area contributed by atoms with E-state index >= 15 is 0 Å². The summed E-state index contributed by atoms with van der Waals surface area (Å²) >= 11 is 0. The molecule has 0 aromatic carbocycles. The number of aldehydes is 1. The maximum atomic E-state index is 10.4. The zero-order valence-corrected chi connectivity index (χ0v) is 15.1. The van der Waals surface area contributed by atoms with E-state index in [9.17, 15) is 9.59 Å². The number of aliphatic carboxylic acids is 1. The van der Waals surface area contributed by atoms with Gasteiger partial charge in [0.2, 0.25) is 0 Å². The molecule has 1 N–H and O–H groups in total. The predicted octanol–water partition coefficient (Wildman–Crippen LogP) is 6.29. The lowest BCUT2D eigenvalue weighted by Crippen LogP contribution is -1.93. The molecule has 0 radical (unpaired) electrons. The van der Waals surface area contributed by atoms with Crippen LogP contribution in [0.25, 0.3) is 0 Å². The zero-order chi connectivity index (χ0) is 17.0. The van der Waals surface area contributed by atoms with Gasteiger partial charge in [0.05, 0.1) is 0 Å². The van der Waals surface area contributed by atoms with Gasteiger partial charge in [-0.3, -0.25) is 4.79 Å². The first kappa shape index (κ1) is 22.1. The molecule has 3 nitrogen and oxygen atoms in total. The van der Waals surface area contributed by atoms with Gasteiger partial charge in [0.1, 0.15) is 6.29 Å². The van der Waals surface area contributed by atoms with Crippen molar-refractivity contribution < 1.29 is 14.7 Å².